The second kappa shape index (κ2) is 8.04. The van der Waals surface area contributed by atoms with Crippen LogP contribution < -0.4 is 4.74 Å². The molecular formula is C15H15ClF3N3OS. The van der Waals surface area contributed by atoms with Gasteiger partial charge < -0.3 is 4.74 Å². The minimum Gasteiger partial charge on any atom is -0.480 e. The molecule has 4 nitrogen and oxygen atoms in total. The number of rotatable bonds is 6. The number of aromatic nitrogens is 2. The van der Waals surface area contributed by atoms with Gasteiger partial charge in [-0.05, 0) is 29.6 Å². The molecule has 1 aromatic heterocycles. The third-order valence-electron chi connectivity index (χ3n) is 3.11. The van der Waals surface area contributed by atoms with Crippen molar-refractivity contribution in [2.24, 2.45) is 0 Å². The Morgan fingerprint density at radius 3 is 2.46 bits per heavy atom. The van der Waals surface area contributed by atoms with Gasteiger partial charge >= 0.3 is 6.18 Å². The third kappa shape index (κ3) is 4.75. The lowest BCUT2D eigenvalue weighted by Crippen LogP contribution is -2.34. The van der Waals surface area contributed by atoms with E-state index in [1.807, 2.05) is 0 Å². The first-order chi connectivity index (χ1) is 11.3. The van der Waals surface area contributed by atoms with E-state index in [0.29, 0.717) is 10.0 Å². The summed E-state index contributed by atoms with van der Waals surface area (Å²) < 4.78 is 47.1. The predicted molar refractivity (Wildman–Crippen MR) is 87.1 cm³/mol. The summed E-state index contributed by atoms with van der Waals surface area (Å²) in [5, 5.41) is 0.702. The Kier molecular flexibility index (Phi) is 6.31. The van der Waals surface area contributed by atoms with E-state index in [2.05, 4.69) is 9.97 Å². The topological polar surface area (TPSA) is 38.2 Å². The zero-order valence-corrected chi connectivity index (χ0v) is 14.5. The molecule has 0 amide bonds. The van der Waals surface area contributed by atoms with Crippen LogP contribution in [0.4, 0.5) is 13.2 Å². The van der Waals surface area contributed by atoms with Crippen molar-refractivity contribution in [3.8, 4) is 5.88 Å². The molecule has 24 heavy (non-hydrogen) atoms. The van der Waals surface area contributed by atoms with Gasteiger partial charge in [0, 0.05) is 11.6 Å². The molecule has 1 heterocycles. The van der Waals surface area contributed by atoms with Gasteiger partial charge in [0.05, 0.1) is 19.5 Å². The molecule has 2 rings (SSSR count). The predicted octanol–water partition coefficient (Wildman–Crippen LogP) is 4.77. The van der Waals surface area contributed by atoms with Crippen molar-refractivity contribution in [2.75, 3.05) is 13.7 Å². The van der Waals surface area contributed by atoms with Crippen LogP contribution in [0.2, 0.25) is 5.02 Å². The Hall–Kier alpha value is -1.51. The van der Waals surface area contributed by atoms with E-state index >= 15 is 0 Å². The molecule has 1 unspecified atom stereocenters. The minimum absolute atomic E-state index is 0.108. The lowest BCUT2D eigenvalue weighted by Gasteiger charge is -2.31. The van der Waals surface area contributed by atoms with E-state index in [0.717, 1.165) is 11.9 Å². The van der Waals surface area contributed by atoms with E-state index < -0.39 is 12.2 Å². The summed E-state index contributed by atoms with van der Waals surface area (Å²) in [6.45, 7) is 1.80. The largest absolute Gasteiger partial charge is 0.480 e. The van der Waals surface area contributed by atoms with Gasteiger partial charge in [0.2, 0.25) is 5.88 Å². The Morgan fingerprint density at radius 1 is 1.25 bits per heavy atom. The smallest absolute Gasteiger partial charge is 0.408 e. The molecule has 0 N–H and O–H groups in total. The highest BCUT2D eigenvalue weighted by atomic mass is 35.5. The SMILES string of the molecule is CCN(Sc1cncc(OC)n1)C(c1ccc(Cl)cc1)C(F)(F)F. The molecule has 1 atom stereocenters. The summed E-state index contributed by atoms with van der Waals surface area (Å²) >= 11 is 6.65. The highest BCUT2D eigenvalue weighted by Crippen LogP contribution is 2.42. The van der Waals surface area contributed by atoms with Crippen LogP contribution >= 0.6 is 23.5 Å². The van der Waals surface area contributed by atoms with Gasteiger partial charge in [0.25, 0.3) is 0 Å². The first kappa shape index (κ1) is 18.8. The molecule has 0 spiro atoms. The number of ether oxygens (including phenoxy) is 1. The fourth-order valence-corrected chi connectivity index (χ4v) is 3.14. The van der Waals surface area contributed by atoms with Gasteiger partial charge in [-0.15, -0.1) is 0 Å². The van der Waals surface area contributed by atoms with Crippen molar-refractivity contribution in [3.63, 3.8) is 0 Å². The van der Waals surface area contributed by atoms with Gasteiger partial charge in [-0.2, -0.15) is 13.2 Å². The minimum atomic E-state index is -4.46. The number of methoxy groups -OCH3 is 1. The van der Waals surface area contributed by atoms with Crippen LogP contribution in [0.3, 0.4) is 0 Å². The Labute approximate surface area is 147 Å². The van der Waals surface area contributed by atoms with Gasteiger partial charge in [-0.1, -0.05) is 30.7 Å². The zero-order chi connectivity index (χ0) is 17.7. The molecule has 0 fully saturated rings. The molecule has 2 aromatic rings. The lowest BCUT2D eigenvalue weighted by atomic mass is 10.1. The molecule has 0 saturated heterocycles. The molecule has 0 aliphatic carbocycles. The van der Waals surface area contributed by atoms with E-state index in [1.54, 1.807) is 6.92 Å². The first-order valence-corrected chi connectivity index (χ1v) is 8.13. The van der Waals surface area contributed by atoms with Crippen LogP contribution in [0, 0.1) is 0 Å². The summed E-state index contributed by atoms with van der Waals surface area (Å²) in [5.74, 6) is 0.242. The summed E-state index contributed by atoms with van der Waals surface area (Å²) in [7, 11) is 1.42. The second-order valence-electron chi connectivity index (χ2n) is 4.72. The van der Waals surface area contributed by atoms with Crippen LogP contribution in [0.15, 0.2) is 41.7 Å². The normalized spacial score (nSPS) is 13.1. The van der Waals surface area contributed by atoms with Crippen LogP contribution in [0.5, 0.6) is 5.88 Å². The van der Waals surface area contributed by atoms with E-state index in [4.69, 9.17) is 16.3 Å². The zero-order valence-electron chi connectivity index (χ0n) is 12.9. The van der Waals surface area contributed by atoms with Gasteiger partial charge in [0.15, 0.2) is 0 Å². The maximum Gasteiger partial charge on any atom is 0.408 e. The highest BCUT2D eigenvalue weighted by molar-refractivity contribution is 7.97. The van der Waals surface area contributed by atoms with Gasteiger partial charge in [-0.3, -0.25) is 4.98 Å². The number of benzene rings is 1. The van der Waals surface area contributed by atoms with Crippen molar-refractivity contribution >= 4 is 23.5 Å². The summed E-state index contributed by atoms with van der Waals surface area (Å²) in [4.78, 5) is 8.01. The number of halogens is 4. The summed E-state index contributed by atoms with van der Waals surface area (Å²) in [6, 6.07) is 3.85. The monoisotopic (exact) mass is 377 g/mol. The standard InChI is InChI=1S/C15H15ClF3N3OS/c1-3-22(24-13-9-20-8-12(21-13)23-2)14(15(17,18)19)10-4-6-11(16)7-5-10/h4-9,14H,3H2,1-2H3. The first-order valence-electron chi connectivity index (χ1n) is 6.98. The average Bonchev–Trinajstić information content (AvgIpc) is 2.55. The van der Waals surface area contributed by atoms with Crippen molar-refractivity contribution in [2.45, 2.75) is 24.2 Å². The number of hydrogen-bond donors (Lipinski definition) is 0. The molecular weight excluding hydrogens is 363 g/mol. The summed E-state index contributed by atoms with van der Waals surface area (Å²) in [6.07, 6.45) is -1.67. The van der Waals surface area contributed by atoms with Crippen molar-refractivity contribution in [3.05, 3.63) is 47.2 Å². The lowest BCUT2D eigenvalue weighted by molar-refractivity contribution is -0.172. The molecule has 0 radical (unpaired) electrons. The maximum atomic E-state index is 13.6. The van der Waals surface area contributed by atoms with Crippen LogP contribution in [-0.2, 0) is 0 Å². The van der Waals surface area contributed by atoms with Crippen LogP contribution in [0.25, 0.3) is 0 Å². The highest BCUT2D eigenvalue weighted by Gasteiger charge is 2.45. The molecule has 0 bridgehead atoms. The number of nitrogens with zero attached hydrogens (tertiary/aromatic N) is 3. The fourth-order valence-electron chi connectivity index (χ4n) is 2.06. The molecule has 0 aliphatic heterocycles. The Morgan fingerprint density at radius 2 is 1.92 bits per heavy atom. The maximum absolute atomic E-state index is 13.6. The van der Waals surface area contributed by atoms with Crippen molar-refractivity contribution in [1.82, 2.24) is 14.3 Å². The van der Waals surface area contributed by atoms with E-state index in [-0.39, 0.29) is 18.0 Å². The average molecular weight is 378 g/mol. The molecule has 0 saturated carbocycles. The molecule has 1 aromatic carbocycles. The van der Waals surface area contributed by atoms with E-state index in [1.165, 1.54) is 48.1 Å². The number of alkyl halides is 3. The van der Waals surface area contributed by atoms with E-state index in [9.17, 15) is 13.2 Å². The van der Waals surface area contributed by atoms with Crippen molar-refractivity contribution < 1.29 is 17.9 Å². The molecule has 130 valence electrons. The molecule has 9 heteroatoms. The Bertz CT molecular complexity index is 670. The van der Waals surface area contributed by atoms with Gasteiger partial charge in [0.1, 0.15) is 11.1 Å². The fraction of sp³-hybridized carbons (Fsp3) is 0.333. The van der Waals surface area contributed by atoms with Crippen LogP contribution in [0.1, 0.15) is 18.5 Å². The summed E-state index contributed by atoms with van der Waals surface area (Å²) in [5.41, 5.74) is 0.108. The van der Waals surface area contributed by atoms with Gasteiger partial charge in [-0.25, -0.2) is 9.29 Å². The quantitative estimate of drug-likeness (QED) is 0.678. The van der Waals surface area contributed by atoms with Crippen LogP contribution in [-0.4, -0.2) is 34.1 Å². The van der Waals surface area contributed by atoms with Crippen molar-refractivity contribution in [1.29, 1.82) is 0 Å². The number of hydrogen-bond acceptors (Lipinski definition) is 5. The Balaban J connectivity index is 2.33. The second-order valence-corrected chi connectivity index (χ2v) is 6.23. The third-order valence-corrected chi connectivity index (χ3v) is 4.44. The molecule has 0 aliphatic rings.